The van der Waals surface area contributed by atoms with Gasteiger partial charge in [-0.1, -0.05) is 0 Å². The van der Waals surface area contributed by atoms with Crippen molar-refractivity contribution in [2.75, 3.05) is 6.54 Å². The van der Waals surface area contributed by atoms with Crippen LogP contribution in [-0.2, 0) is 17.6 Å². The van der Waals surface area contributed by atoms with Crippen molar-refractivity contribution >= 4 is 28.6 Å². The first kappa shape index (κ1) is 14.0. The van der Waals surface area contributed by atoms with Crippen molar-refractivity contribution in [1.29, 1.82) is 0 Å². The highest BCUT2D eigenvalue weighted by atomic mass is 32.1. The summed E-state index contributed by atoms with van der Waals surface area (Å²) in [6.45, 7) is 0.600. The molecule has 7 heteroatoms. The number of aromatic amines is 1. The molecule has 21 heavy (non-hydrogen) atoms. The van der Waals surface area contributed by atoms with Crippen molar-refractivity contribution in [3.05, 3.63) is 46.1 Å². The smallest absolute Gasteiger partial charge is 0.226 e. The van der Waals surface area contributed by atoms with Gasteiger partial charge >= 0.3 is 0 Å². The Balaban J connectivity index is 1.48. The number of aromatic nitrogens is 3. The van der Waals surface area contributed by atoms with Crippen LogP contribution in [0.15, 0.2) is 34.7 Å². The summed E-state index contributed by atoms with van der Waals surface area (Å²) in [5.41, 5.74) is 2.96. The standard InChI is InChI=1S/C14H14N4OS2/c19-13(16-3-1-11-6-15-9-17-11)5-12-8-21-14(18-12)10-2-4-20-7-10/h2,4,6-9H,1,3,5H2,(H,15,17)(H,16,19). The van der Waals surface area contributed by atoms with Gasteiger partial charge in [-0.3, -0.25) is 4.79 Å². The van der Waals surface area contributed by atoms with Crippen molar-refractivity contribution < 1.29 is 4.79 Å². The van der Waals surface area contributed by atoms with Gasteiger partial charge in [0.25, 0.3) is 0 Å². The Bertz CT molecular complexity index is 688. The Morgan fingerprint density at radius 1 is 1.38 bits per heavy atom. The van der Waals surface area contributed by atoms with Gasteiger partial charge in [0.05, 0.1) is 18.4 Å². The highest BCUT2D eigenvalue weighted by Crippen LogP contribution is 2.25. The van der Waals surface area contributed by atoms with E-state index < -0.39 is 0 Å². The van der Waals surface area contributed by atoms with Crippen molar-refractivity contribution in [2.45, 2.75) is 12.8 Å². The van der Waals surface area contributed by atoms with Crippen molar-refractivity contribution in [3.63, 3.8) is 0 Å². The molecule has 0 radical (unpaired) electrons. The number of carbonyl (C=O) groups excluding carboxylic acids is 1. The third kappa shape index (κ3) is 3.77. The lowest BCUT2D eigenvalue weighted by atomic mass is 10.3. The predicted molar refractivity (Wildman–Crippen MR) is 84.4 cm³/mol. The number of imidazole rings is 1. The van der Waals surface area contributed by atoms with Gasteiger partial charge in [-0.15, -0.1) is 11.3 Å². The van der Waals surface area contributed by atoms with E-state index in [1.54, 1.807) is 35.2 Å². The first-order valence-corrected chi connectivity index (χ1v) is 8.34. The van der Waals surface area contributed by atoms with Gasteiger partial charge < -0.3 is 10.3 Å². The molecule has 0 aliphatic carbocycles. The molecular formula is C14H14N4OS2. The second-order valence-corrected chi connectivity index (χ2v) is 6.15. The molecule has 0 fully saturated rings. The number of rotatable bonds is 6. The van der Waals surface area contributed by atoms with E-state index >= 15 is 0 Å². The molecular weight excluding hydrogens is 304 g/mol. The van der Waals surface area contributed by atoms with Crippen molar-refractivity contribution in [2.24, 2.45) is 0 Å². The normalized spacial score (nSPS) is 10.7. The molecule has 0 aromatic carbocycles. The molecule has 0 unspecified atom stereocenters. The SMILES string of the molecule is O=C(Cc1csc(-c2ccsc2)n1)NCCc1cnc[nH]1. The van der Waals surface area contributed by atoms with E-state index in [0.29, 0.717) is 13.0 Å². The fourth-order valence-corrected chi connectivity index (χ4v) is 3.42. The highest BCUT2D eigenvalue weighted by molar-refractivity contribution is 7.14. The van der Waals surface area contributed by atoms with Crippen LogP contribution in [0.2, 0.25) is 0 Å². The molecule has 0 aliphatic rings. The lowest BCUT2D eigenvalue weighted by Gasteiger charge is -2.02. The molecule has 1 amide bonds. The molecule has 0 atom stereocenters. The molecule has 0 saturated carbocycles. The van der Waals surface area contributed by atoms with Crippen molar-refractivity contribution in [1.82, 2.24) is 20.3 Å². The third-order valence-electron chi connectivity index (χ3n) is 2.93. The number of thiazole rings is 1. The van der Waals surface area contributed by atoms with E-state index in [2.05, 4.69) is 25.6 Å². The second-order valence-electron chi connectivity index (χ2n) is 4.51. The predicted octanol–water partition coefficient (Wildman–Crippen LogP) is 2.50. The monoisotopic (exact) mass is 318 g/mol. The van der Waals surface area contributed by atoms with Crippen LogP contribution < -0.4 is 5.32 Å². The molecule has 0 bridgehead atoms. The van der Waals surface area contributed by atoms with Gasteiger partial charge in [0, 0.05) is 41.2 Å². The maximum Gasteiger partial charge on any atom is 0.226 e. The van der Waals surface area contributed by atoms with Crippen LogP contribution in [0.25, 0.3) is 10.6 Å². The van der Waals surface area contributed by atoms with Gasteiger partial charge in [-0.05, 0) is 11.4 Å². The number of amides is 1. The van der Waals surface area contributed by atoms with Crippen LogP contribution in [0.1, 0.15) is 11.4 Å². The lowest BCUT2D eigenvalue weighted by Crippen LogP contribution is -2.27. The largest absolute Gasteiger partial charge is 0.355 e. The minimum absolute atomic E-state index is 0.00307. The number of H-pyrrole nitrogens is 1. The molecule has 0 aliphatic heterocycles. The van der Waals surface area contributed by atoms with Crippen LogP contribution in [-0.4, -0.2) is 27.4 Å². The van der Waals surface area contributed by atoms with E-state index in [9.17, 15) is 4.79 Å². The summed E-state index contributed by atoms with van der Waals surface area (Å²) in [5, 5.41) is 9.90. The molecule has 3 heterocycles. The third-order valence-corrected chi connectivity index (χ3v) is 4.56. The Hall–Kier alpha value is -1.99. The topological polar surface area (TPSA) is 70.7 Å². The summed E-state index contributed by atoms with van der Waals surface area (Å²) in [7, 11) is 0. The number of nitrogens with zero attached hydrogens (tertiary/aromatic N) is 2. The molecule has 0 saturated heterocycles. The molecule has 0 spiro atoms. The lowest BCUT2D eigenvalue weighted by molar-refractivity contribution is -0.120. The number of hydrogen-bond donors (Lipinski definition) is 2. The minimum Gasteiger partial charge on any atom is -0.355 e. The summed E-state index contributed by atoms with van der Waals surface area (Å²) in [6, 6.07) is 2.04. The average molecular weight is 318 g/mol. The van der Waals surface area contributed by atoms with Crippen LogP contribution in [0.3, 0.4) is 0 Å². The van der Waals surface area contributed by atoms with Gasteiger partial charge in [-0.25, -0.2) is 9.97 Å². The van der Waals surface area contributed by atoms with Gasteiger partial charge in [0.2, 0.25) is 5.91 Å². The fourth-order valence-electron chi connectivity index (χ4n) is 1.89. The van der Waals surface area contributed by atoms with Crippen LogP contribution in [0.4, 0.5) is 0 Å². The summed E-state index contributed by atoms with van der Waals surface area (Å²) >= 11 is 3.22. The summed E-state index contributed by atoms with van der Waals surface area (Å²) in [5.74, 6) is -0.00307. The molecule has 3 aromatic rings. The van der Waals surface area contributed by atoms with Gasteiger partial charge in [-0.2, -0.15) is 11.3 Å². The van der Waals surface area contributed by atoms with E-state index in [1.165, 1.54) is 0 Å². The summed E-state index contributed by atoms with van der Waals surface area (Å²) in [6.07, 6.45) is 4.48. The highest BCUT2D eigenvalue weighted by Gasteiger charge is 2.09. The number of carbonyl (C=O) groups is 1. The Morgan fingerprint density at radius 3 is 3.10 bits per heavy atom. The van der Waals surface area contributed by atoms with E-state index in [1.807, 2.05) is 16.8 Å². The van der Waals surface area contributed by atoms with Gasteiger partial charge in [0.1, 0.15) is 5.01 Å². The van der Waals surface area contributed by atoms with E-state index in [4.69, 9.17) is 0 Å². The fraction of sp³-hybridized carbons (Fsp3) is 0.214. The van der Waals surface area contributed by atoms with Crippen LogP contribution in [0.5, 0.6) is 0 Å². The Morgan fingerprint density at radius 2 is 2.33 bits per heavy atom. The maximum absolute atomic E-state index is 11.9. The maximum atomic E-state index is 11.9. The Labute approximate surface area is 130 Å². The quantitative estimate of drug-likeness (QED) is 0.733. The second kappa shape index (κ2) is 6.64. The molecule has 108 valence electrons. The Kier molecular flexibility index (Phi) is 4.42. The minimum atomic E-state index is -0.00307. The number of hydrogen-bond acceptors (Lipinski definition) is 5. The average Bonchev–Trinajstić information content (AvgIpc) is 3.21. The van der Waals surface area contributed by atoms with Gasteiger partial charge in [0.15, 0.2) is 0 Å². The first-order valence-electron chi connectivity index (χ1n) is 6.52. The molecule has 3 aromatic heterocycles. The summed E-state index contributed by atoms with van der Waals surface area (Å²) < 4.78 is 0. The zero-order chi connectivity index (χ0) is 14.5. The van der Waals surface area contributed by atoms with Crippen molar-refractivity contribution in [3.8, 4) is 10.6 Å². The van der Waals surface area contributed by atoms with E-state index in [-0.39, 0.29) is 5.91 Å². The zero-order valence-corrected chi connectivity index (χ0v) is 12.8. The first-order chi connectivity index (χ1) is 10.3. The number of nitrogens with one attached hydrogen (secondary N) is 2. The number of thiophene rings is 1. The zero-order valence-electron chi connectivity index (χ0n) is 11.2. The van der Waals surface area contributed by atoms with E-state index in [0.717, 1.165) is 28.4 Å². The van der Waals surface area contributed by atoms with Crippen LogP contribution >= 0.6 is 22.7 Å². The summed E-state index contributed by atoms with van der Waals surface area (Å²) in [4.78, 5) is 23.3. The molecule has 3 rings (SSSR count). The molecule has 2 N–H and O–H groups in total. The van der Waals surface area contributed by atoms with Crippen LogP contribution in [0, 0.1) is 0 Å². The molecule has 5 nitrogen and oxygen atoms in total.